The molecule has 0 heterocycles. The van der Waals surface area contributed by atoms with E-state index in [0.29, 0.717) is 6.54 Å². The van der Waals surface area contributed by atoms with Crippen LogP contribution in [0.1, 0.15) is 42.5 Å². The number of sulfonamides is 1. The van der Waals surface area contributed by atoms with Crippen LogP contribution in [0.4, 0.5) is 5.69 Å². The highest BCUT2D eigenvalue weighted by atomic mass is 35.5. The number of carbonyl (C=O) groups is 1. The predicted octanol–water partition coefficient (Wildman–Crippen LogP) is 4.76. The molecule has 5 nitrogen and oxygen atoms in total. The molecule has 28 heavy (non-hydrogen) atoms. The summed E-state index contributed by atoms with van der Waals surface area (Å²) < 4.78 is 27.4. The van der Waals surface area contributed by atoms with E-state index in [2.05, 4.69) is 16.1 Å². The number of rotatable bonds is 7. The van der Waals surface area contributed by atoms with Crippen LogP contribution in [-0.2, 0) is 10.0 Å². The number of anilines is 1. The number of allylic oxidation sites excluding steroid dienone is 1. The third-order valence-electron chi connectivity index (χ3n) is 4.63. The minimum Gasteiger partial charge on any atom is -0.352 e. The third kappa shape index (κ3) is 5.36. The zero-order valence-corrected chi connectivity index (χ0v) is 17.0. The van der Waals surface area contributed by atoms with Crippen molar-refractivity contribution in [2.45, 2.75) is 37.0 Å². The van der Waals surface area contributed by atoms with Crippen LogP contribution in [0.25, 0.3) is 0 Å². The first-order valence-corrected chi connectivity index (χ1v) is 11.2. The van der Waals surface area contributed by atoms with Crippen molar-refractivity contribution in [2.75, 3.05) is 11.3 Å². The summed E-state index contributed by atoms with van der Waals surface area (Å²) in [6.07, 6.45) is 7.71. The molecule has 1 amide bonds. The van der Waals surface area contributed by atoms with Crippen LogP contribution in [0.5, 0.6) is 0 Å². The SMILES string of the molecule is O=C(NCCC1=CCCCC1)c1cc(NS(=O)(=O)c2ccccc2)ccc1Cl. The molecule has 1 aliphatic carbocycles. The Morgan fingerprint density at radius 2 is 1.86 bits per heavy atom. The largest absolute Gasteiger partial charge is 0.352 e. The van der Waals surface area contributed by atoms with Gasteiger partial charge in [0, 0.05) is 12.2 Å². The van der Waals surface area contributed by atoms with Crippen molar-refractivity contribution in [1.29, 1.82) is 0 Å². The summed E-state index contributed by atoms with van der Waals surface area (Å²) in [5.41, 5.74) is 1.91. The molecule has 2 aromatic rings. The summed E-state index contributed by atoms with van der Waals surface area (Å²) in [5.74, 6) is -0.317. The Hall–Kier alpha value is -2.31. The van der Waals surface area contributed by atoms with E-state index in [-0.39, 0.29) is 27.1 Å². The van der Waals surface area contributed by atoms with Gasteiger partial charge in [0.25, 0.3) is 15.9 Å². The van der Waals surface area contributed by atoms with Crippen molar-refractivity contribution in [2.24, 2.45) is 0 Å². The molecule has 0 spiro atoms. The Morgan fingerprint density at radius 3 is 2.57 bits per heavy atom. The van der Waals surface area contributed by atoms with E-state index >= 15 is 0 Å². The first-order chi connectivity index (χ1) is 13.5. The van der Waals surface area contributed by atoms with Crippen molar-refractivity contribution in [1.82, 2.24) is 5.32 Å². The van der Waals surface area contributed by atoms with Crippen molar-refractivity contribution in [3.05, 3.63) is 70.8 Å². The molecule has 0 saturated heterocycles. The van der Waals surface area contributed by atoms with Gasteiger partial charge in [0.05, 0.1) is 15.5 Å². The van der Waals surface area contributed by atoms with E-state index in [9.17, 15) is 13.2 Å². The van der Waals surface area contributed by atoms with Gasteiger partial charge in [-0.25, -0.2) is 8.42 Å². The van der Waals surface area contributed by atoms with Gasteiger partial charge in [-0.1, -0.05) is 41.4 Å². The van der Waals surface area contributed by atoms with Gasteiger partial charge in [-0.15, -0.1) is 0 Å². The normalized spacial score (nSPS) is 14.2. The second kappa shape index (κ2) is 9.26. The fraction of sp³-hybridized carbons (Fsp3) is 0.286. The van der Waals surface area contributed by atoms with Crippen LogP contribution < -0.4 is 10.0 Å². The van der Waals surface area contributed by atoms with Crippen LogP contribution >= 0.6 is 11.6 Å². The molecule has 2 aromatic carbocycles. The molecule has 7 heteroatoms. The molecule has 0 radical (unpaired) electrons. The summed E-state index contributed by atoms with van der Waals surface area (Å²) in [4.78, 5) is 12.7. The molecular weight excluding hydrogens is 396 g/mol. The van der Waals surface area contributed by atoms with E-state index in [1.165, 1.54) is 48.7 Å². The van der Waals surface area contributed by atoms with Gasteiger partial charge in [-0.3, -0.25) is 9.52 Å². The van der Waals surface area contributed by atoms with E-state index in [1.807, 2.05) is 0 Å². The summed E-state index contributed by atoms with van der Waals surface area (Å²) in [6.45, 7) is 0.529. The Kier molecular flexibility index (Phi) is 6.75. The van der Waals surface area contributed by atoms with E-state index < -0.39 is 10.0 Å². The maximum Gasteiger partial charge on any atom is 0.261 e. The first kappa shape index (κ1) is 20.4. The highest BCUT2D eigenvalue weighted by Crippen LogP contribution is 2.23. The molecule has 0 bridgehead atoms. The van der Waals surface area contributed by atoms with Crippen molar-refractivity contribution in [3.8, 4) is 0 Å². The Labute approximate surface area is 170 Å². The monoisotopic (exact) mass is 418 g/mol. The van der Waals surface area contributed by atoms with E-state index in [0.717, 1.165) is 19.3 Å². The first-order valence-electron chi connectivity index (χ1n) is 9.29. The summed E-state index contributed by atoms with van der Waals surface area (Å²) in [7, 11) is -3.73. The van der Waals surface area contributed by atoms with Gasteiger partial charge < -0.3 is 5.32 Å². The molecule has 0 aromatic heterocycles. The average molecular weight is 419 g/mol. The molecule has 0 saturated carbocycles. The number of hydrogen-bond acceptors (Lipinski definition) is 3. The Balaban J connectivity index is 1.67. The number of halogens is 1. The fourth-order valence-electron chi connectivity index (χ4n) is 3.14. The average Bonchev–Trinajstić information content (AvgIpc) is 2.70. The van der Waals surface area contributed by atoms with Crippen LogP contribution in [0.15, 0.2) is 65.1 Å². The standard InChI is InChI=1S/C21H23ClN2O3S/c22-20-12-11-17(24-28(26,27)18-9-5-2-6-10-18)15-19(20)21(25)23-14-13-16-7-3-1-4-8-16/h2,5-7,9-12,15,24H,1,3-4,8,13-14H2,(H,23,25). The quantitative estimate of drug-likeness (QED) is 0.636. The molecule has 1 aliphatic rings. The number of benzene rings is 2. The molecular formula is C21H23ClN2O3S. The highest BCUT2D eigenvalue weighted by molar-refractivity contribution is 7.92. The molecule has 0 unspecified atom stereocenters. The van der Waals surface area contributed by atoms with Crippen molar-refractivity contribution >= 4 is 33.2 Å². The van der Waals surface area contributed by atoms with Gasteiger partial charge in [0.15, 0.2) is 0 Å². The van der Waals surface area contributed by atoms with Crippen molar-refractivity contribution < 1.29 is 13.2 Å². The van der Waals surface area contributed by atoms with Gasteiger partial charge >= 0.3 is 0 Å². The van der Waals surface area contributed by atoms with Crippen LogP contribution in [0.2, 0.25) is 5.02 Å². The molecule has 0 fully saturated rings. The number of carbonyl (C=O) groups excluding carboxylic acids is 1. The molecule has 3 rings (SSSR count). The third-order valence-corrected chi connectivity index (χ3v) is 6.36. The lowest BCUT2D eigenvalue weighted by atomic mass is 9.97. The lowest BCUT2D eigenvalue weighted by Crippen LogP contribution is -2.25. The molecule has 0 aliphatic heterocycles. The lowest BCUT2D eigenvalue weighted by molar-refractivity contribution is 0.0954. The molecule has 2 N–H and O–H groups in total. The summed E-state index contributed by atoms with van der Waals surface area (Å²) in [6, 6.07) is 12.6. The zero-order valence-electron chi connectivity index (χ0n) is 15.4. The van der Waals surface area contributed by atoms with Gasteiger partial charge in [-0.2, -0.15) is 0 Å². The van der Waals surface area contributed by atoms with Gasteiger partial charge in [0.2, 0.25) is 0 Å². The smallest absolute Gasteiger partial charge is 0.261 e. The highest BCUT2D eigenvalue weighted by Gasteiger charge is 2.16. The van der Waals surface area contributed by atoms with Crippen molar-refractivity contribution in [3.63, 3.8) is 0 Å². The Bertz CT molecular complexity index is 972. The second-order valence-electron chi connectivity index (χ2n) is 6.73. The number of amides is 1. The number of nitrogens with one attached hydrogen (secondary N) is 2. The maximum atomic E-state index is 12.5. The fourth-order valence-corrected chi connectivity index (χ4v) is 4.41. The van der Waals surface area contributed by atoms with E-state index in [1.54, 1.807) is 18.2 Å². The Morgan fingerprint density at radius 1 is 1.07 bits per heavy atom. The molecule has 148 valence electrons. The number of hydrogen-bond donors (Lipinski definition) is 2. The topological polar surface area (TPSA) is 75.3 Å². The lowest BCUT2D eigenvalue weighted by Gasteiger charge is -2.14. The van der Waals surface area contributed by atoms with Crippen LogP contribution in [0.3, 0.4) is 0 Å². The maximum absolute atomic E-state index is 12.5. The summed E-state index contributed by atoms with van der Waals surface area (Å²) >= 11 is 6.16. The minimum absolute atomic E-state index is 0.150. The van der Waals surface area contributed by atoms with E-state index in [4.69, 9.17) is 11.6 Å². The van der Waals surface area contributed by atoms with Gasteiger partial charge in [0.1, 0.15) is 0 Å². The minimum atomic E-state index is -3.73. The second-order valence-corrected chi connectivity index (χ2v) is 8.82. The predicted molar refractivity (Wildman–Crippen MR) is 112 cm³/mol. The van der Waals surface area contributed by atoms with Crippen LogP contribution in [0, 0.1) is 0 Å². The van der Waals surface area contributed by atoms with Gasteiger partial charge in [-0.05, 0) is 62.4 Å². The van der Waals surface area contributed by atoms with Crippen LogP contribution in [-0.4, -0.2) is 20.9 Å². The zero-order chi connectivity index (χ0) is 20.0. The summed E-state index contributed by atoms with van der Waals surface area (Å²) in [5, 5.41) is 3.14. The molecule has 0 atom stereocenters.